The average molecular weight is 194 g/mol. The van der Waals surface area contributed by atoms with Crippen LogP contribution in [0.1, 0.15) is 17.3 Å². The smallest absolute Gasteiger partial charge is 0.166 e. The minimum absolute atomic E-state index is 0.00523. The number of carbonyl (C=O) groups is 1. The van der Waals surface area contributed by atoms with Gasteiger partial charge in [0.05, 0.1) is 5.56 Å². The number of hydrogen-bond acceptors (Lipinski definition) is 2. The van der Waals surface area contributed by atoms with Gasteiger partial charge in [-0.15, -0.1) is 0 Å². The van der Waals surface area contributed by atoms with Gasteiger partial charge in [-0.2, -0.15) is 0 Å². The molecule has 74 valence electrons. The second kappa shape index (κ2) is 4.56. The number of hydrogen-bond donors (Lipinski definition) is 0. The van der Waals surface area contributed by atoms with Crippen molar-refractivity contribution in [2.45, 2.75) is 6.92 Å². The first kappa shape index (κ1) is 10.4. The normalized spacial score (nSPS) is 9.57. The number of ether oxygens (including phenoxy) is 1. The van der Waals surface area contributed by atoms with Crippen molar-refractivity contribution in [2.75, 3.05) is 6.61 Å². The molecule has 0 N–H and O–H groups in total. The van der Waals surface area contributed by atoms with Crippen LogP contribution < -0.4 is 4.74 Å². The summed E-state index contributed by atoms with van der Waals surface area (Å²) in [5, 5.41) is 0. The van der Waals surface area contributed by atoms with E-state index in [9.17, 15) is 9.18 Å². The van der Waals surface area contributed by atoms with E-state index in [1.807, 2.05) is 0 Å². The van der Waals surface area contributed by atoms with Crippen molar-refractivity contribution in [2.24, 2.45) is 0 Å². The number of benzene rings is 1. The van der Waals surface area contributed by atoms with Crippen LogP contribution in [0.5, 0.6) is 5.75 Å². The summed E-state index contributed by atoms with van der Waals surface area (Å²) in [5.74, 6) is -0.640. The first-order chi connectivity index (χ1) is 6.66. The van der Waals surface area contributed by atoms with Gasteiger partial charge in [0.25, 0.3) is 0 Å². The van der Waals surface area contributed by atoms with Crippen molar-refractivity contribution in [3.63, 3.8) is 0 Å². The highest BCUT2D eigenvalue weighted by Gasteiger charge is 2.13. The maximum absolute atomic E-state index is 13.2. The van der Waals surface area contributed by atoms with E-state index in [0.29, 0.717) is 0 Å². The molecular weight excluding hydrogens is 183 g/mol. The molecule has 0 aromatic heterocycles. The molecule has 1 aromatic carbocycles. The summed E-state index contributed by atoms with van der Waals surface area (Å²) in [4.78, 5) is 11.1. The molecule has 0 aliphatic heterocycles. The third-order valence-corrected chi connectivity index (χ3v) is 1.68. The molecule has 1 rings (SSSR count). The summed E-state index contributed by atoms with van der Waals surface area (Å²) < 4.78 is 18.4. The number of carbonyl (C=O) groups excluding carboxylic acids is 1. The van der Waals surface area contributed by atoms with Gasteiger partial charge >= 0.3 is 0 Å². The first-order valence-electron chi connectivity index (χ1n) is 4.20. The van der Waals surface area contributed by atoms with Crippen LogP contribution in [0.2, 0.25) is 0 Å². The van der Waals surface area contributed by atoms with Crippen LogP contribution in [0.3, 0.4) is 0 Å². The molecule has 0 bridgehead atoms. The fourth-order valence-electron chi connectivity index (χ4n) is 1.11. The predicted molar refractivity (Wildman–Crippen MR) is 52.1 cm³/mol. The van der Waals surface area contributed by atoms with Gasteiger partial charge in [-0.05, 0) is 19.1 Å². The summed E-state index contributed by atoms with van der Waals surface area (Å²) in [7, 11) is 0. The molecule has 0 aliphatic carbocycles. The monoisotopic (exact) mass is 194 g/mol. The summed E-state index contributed by atoms with van der Waals surface area (Å²) >= 11 is 0. The van der Waals surface area contributed by atoms with E-state index < -0.39 is 5.82 Å². The lowest BCUT2D eigenvalue weighted by Crippen LogP contribution is -2.03. The molecule has 0 saturated carbocycles. The Bertz CT molecular complexity index is 358. The molecule has 0 saturated heterocycles. The summed E-state index contributed by atoms with van der Waals surface area (Å²) in [6.45, 7) is 5.03. The fraction of sp³-hybridized carbons (Fsp3) is 0.182. The van der Waals surface area contributed by atoms with Crippen LogP contribution in [0, 0.1) is 5.82 Å². The lowest BCUT2D eigenvalue weighted by molar-refractivity contribution is 0.101. The van der Waals surface area contributed by atoms with Gasteiger partial charge in [-0.3, -0.25) is 4.79 Å². The molecular formula is C11H11FO2. The highest BCUT2D eigenvalue weighted by Crippen LogP contribution is 2.21. The van der Waals surface area contributed by atoms with Crippen molar-refractivity contribution < 1.29 is 13.9 Å². The van der Waals surface area contributed by atoms with E-state index >= 15 is 0 Å². The summed E-state index contributed by atoms with van der Waals surface area (Å²) in [6.07, 6.45) is 1.54. The maximum Gasteiger partial charge on any atom is 0.166 e. The Kier molecular flexibility index (Phi) is 3.40. The zero-order chi connectivity index (χ0) is 10.6. The van der Waals surface area contributed by atoms with Crippen LogP contribution in [-0.2, 0) is 0 Å². The van der Waals surface area contributed by atoms with Crippen molar-refractivity contribution in [3.8, 4) is 5.75 Å². The van der Waals surface area contributed by atoms with Crippen molar-refractivity contribution >= 4 is 5.78 Å². The number of rotatable bonds is 4. The molecule has 0 amide bonds. The van der Waals surface area contributed by atoms with E-state index in [-0.39, 0.29) is 23.7 Å². The molecule has 0 unspecified atom stereocenters. The Morgan fingerprint density at radius 2 is 2.36 bits per heavy atom. The molecule has 0 spiro atoms. The molecule has 0 radical (unpaired) electrons. The average Bonchev–Trinajstić information content (AvgIpc) is 2.14. The highest BCUT2D eigenvalue weighted by molar-refractivity contribution is 5.97. The van der Waals surface area contributed by atoms with Gasteiger partial charge in [-0.1, -0.05) is 18.7 Å². The highest BCUT2D eigenvalue weighted by atomic mass is 19.1. The molecule has 2 nitrogen and oxygen atoms in total. The molecule has 3 heteroatoms. The SMILES string of the molecule is C=CCOc1cccc(F)c1C(C)=O. The maximum atomic E-state index is 13.2. The van der Waals surface area contributed by atoms with Gasteiger partial charge in [0.1, 0.15) is 18.2 Å². The van der Waals surface area contributed by atoms with Crippen molar-refractivity contribution in [1.82, 2.24) is 0 Å². The molecule has 0 atom stereocenters. The molecule has 1 aromatic rings. The lowest BCUT2D eigenvalue weighted by atomic mass is 10.1. The Morgan fingerprint density at radius 3 is 2.93 bits per heavy atom. The quantitative estimate of drug-likeness (QED) is 0.544. The molecule has 0 fully saturated rings. The number of Topliss-reactive ketones (excluding diaryl/α,β-unsaturated/α-hetero) is 1. The van der Waals surface area contributed by atoms with Gasteiger partial charge in [0, 0.05) is 0 Å². The third-order valence-electron chi connectivity index (χ3n) is 1.68. The second-order valence-electron chi connectivity index (χ2n) is 2.77. The molecule has 0 aliphatic rings. The van der Waals surface area contributed by atoms with E-state index in [4.69, 9.17) is 4.74 Å². The third kappa shape index (κ3) is 2.19. The van der Waals surface area contributed by atoms with Crippen molar-refractivity contribution in [3.05, 3.63) is 42.2 Å². The van der Waals surface area contributed by atoms with E-state index in [0.717, 1.165) is 0 Å². The Balaban J connectivity index is 3.07. The largest absolute Gasteiger partial charge is 0.489 e. The zero-order valence-electron chi connectivity index (χ0n) is 7.92. The Morgan fingerprint density at radius 1 is 1.64 bits per heavy atom. The van der Waals surface area contributed by atoms with Gasteiger partial charge in [0.2, 0.25) is 0 Å². The topological polar surface area (TPSA) is 26.3 Å². The van der Waals surface area contributed by atoms with Gasteiger partial charge in [-0.25, -0.2) is 4.39 Å². The standard InChI is InChI=1S/C11H11FO2/c1-3-7-14-10-6-4-5-9(12)11(10)8(2)13/h3-6H,1,7H2,2H3. The Hall–Kier alpha value is -1.64. The van der Waals surface area contributed by atoms with E-state index in [1.165, 1.54) is 25.1 Å². The van der Waals surface area contributed by atoms with E-state index in [2.05, 4.69) is 6.58 Å². The number of ketones is 1. The lowest BCUT2D eigenvalue weighted by Gasteiger charge is -2.07. The van der Waals surface area contributed by atoms with Crippen LogP contribution in [0.4, 0.5) is 4.39 Å². The van der Waals surface area contributed by atoms with Gasteiger partial charge in [0.15, 0.2) is 5.78 Å². The van der Waals surface area contributed by atoms with Crippen LogP contribution in [-0.4, -0.2) is 12.4 Å². The fourth-order valence-corrected chi connectivity index (χ4v) is 1.11. The summed E-state index contributed by atoms with van der Waals surface area (Å²) in [5.41, 5.74) is -0.00523. The minimum Gasteiger partial charge on any atom is -0.489 e. The second-order valence-corrected chi connectivity index (χ2v) is 2.77. The minimum atomic E-state index is -0.556. The zero-order valence-corrected chi connectivity index (χ0v) is 7.92. The summed E-state index contributed by atoms with van der Waals surface area (Å²) in [6, 6.07) is 4.29. The number of halogens is 1. The van der Waals surface area contributed by atoms with E-state index in [1.54, 1.807) is 6.07 Å². The van der Waals surface area contributed by atoms with Crippen LogP contribution in [0.15, 0.2) is 30.9 Å². The van der Waals surface area contributed by atoms with Crippen molar-refractivity contribution in [1.29, 1.82) is 0 Å². The van der Waals surface area contributed by atoms with Crippen LogP contribution >= 0.6 is 0 Å². The molecule has 0 heterocycles. The predicted octanol–water partition coefficient (Wildman–Crippen LogP) is 2.59. The van der Waals surface area contributed by atoms with Gasteiger partial charge < -0.3 is 4.74 Å². The molecule has 14 heavy (non-hydrogen) atoms. The Labute approximate surface area is 82.0 Å². The first-order valence-corrected chi connectivity index (χ1v) is 4.20. The van der Waals surface area contributed by atoms with Crippen LogP contribution in [0.25, 0.3) is 0 Å².